The lowest BCUT2D eigenvalue weighted by Gasteiger charge is -2.34. The van der Waals surface area contributed by atoms with Gasteiger partial charge in [-0.3, -0.25) is 4.79 Å². The van der Waals surface area contributed by atoms with E-state index in [2.05, 4.69) is 9.71 Å². The zero-order valence-electron chi connectivity index (χ0n) is 16.3. The van der Waals surface area contributed by atoms with Crippen molar-refractivity contribution in [2.75, 3.05) is 13.1 Å². The molecule has 2 aliphatic heterocycles. The molecule has 9 heteroatoms. The van der Waals surface area contributed by atoms with Crippen molar-refractivity contribution in [1.82, 2.24) is 10.2 Å². The average molecular weight is 466 g/mol. The molecule has 6 nitrogen and oxygen atoms in total. The maximum absolute atomic E-state index is 12.9. The third-order valence-electron chi connectivity index (χ3n) is 5.51. The molecule has 30 heavy (non-hydrogen) atoms. The monoisotopic (exact) mass is 465 g/mol. The topological polar surface area (TPSA) is 78.8 Å². The summed E-state index contributed by atoms with van der Waals surface area (Å²) in [6.07, 6.45) is 1.51. The van der Waals surface area contributed by atoms with E-state index in [9.17, 15) is 13.2 Å². The lowest BCUT2D eigenvalue weighted by molar-refractivity contribution is -0.126. The number of nitrogens with zero attached hydrogens (tertiary/aromatic N) is 2. The maximum Gasteiger partial charge on any atom is 0.285 e. The number of carbonyl (C=O) groups excluding carboxylic acids is 1. The fourth-order valence-corrected chi connectivity index (χ4v) is 5.43. The summed E-state index contributed by atoms with van der Waals surface area (Å²) in [5, 5.41) is 3.94. The van der Waals surface area contributed by atoms with Crippen LogP contribution in [0.15, 0.2) is 51.8 Å². The predicted molar refractivity (Wildman–Crippen MR) is 117 cm³/mol. The zero-order chi connectivity index (χ0) is 21.5. The molecule has 2 aromatic rings. The Labute approximate surface area is 185 Å². The normalized spacial score (nSPS) is 21.0. The number of benzene rings is 2. The van der Waals surface area contributed by atoms with Crippen molar-refractivity contribution in [1.29, 1.82) is 0 Å². The lowest BCUT2D eigenvalue weighted by Crippen LogP contribution is -2.45. The van der Waals surface area contributed by atoms with Gasteiger partial charge < -0.3 is 10.2 Å². The van der Waals surface area contributed by atoms with Crippen LogP contribution in [0.4, 0.5) is 0 Å². The molecular weight excluding hydrogens is 445 g/mol. The number of nitrogens with one attached hydrogen (secondary N) is 1. The highest BCUT2D eigenvalue weighted by molar-refractivity contribution is 7.90. The van der Waals surface area contributed by atoms with E-state index in [-0.39, 0.29) is 22.8 Å². The van der Waals surface area contributed by atoms with Gasteiger partial charge in [-0.15, -0.1) is 4.40 Å². The number of hydrogen-bond donors (Lipinski definition) is 1. The van der Waals surface area contributed by atoms with E-state index in [0.717, 1.165) is 18.4 Å². The van der Waals surface area contributed by atoms with Crippen molar-refractivity contribution in [3.8, 4) is 0 Å². The van der Waals surface area contributed by atoms with Gasteiger partial charge in [0.15, 0.2) is 5.84 Å². The van der Waals surface area contributed by atoms with Gasteiger partial charge in [-0.2, -0.15) is 8.42 Å². The van der Waals surface area contributed by atoms with Crippen molar-refractivity contribution in [2.24, 2.45) is 10.3 Å². The molecule has 0 radical (unpaired) electrons. The number of piperidine rings is 1. The standard InChI is InChI=1S/C21H21Cl2N3O3S/c1-13(14-8-9-17(22)18(23)11-14)24-21(27)15-5-4-10-26(12-15)20-16-6-2-3-7-19(16)30(28,29)25-20/h2-3,6-9,11,13,15H,4-5,10,12H2,1H3,(H,24,27). The van der Waals surface area contributed by atoms with E-state index in [1.54, 1.807) is 36.4 Å². The van der Waals surface area contributed by atoms with Crippen LogP contribution >= 0.6 is 23.2 Å². The molecule has 0 aromatic heterocycles. The number of amides is 1. The minimum Gasteiger partial charge on any atom is -0.355 e. The minimum absolute atomic E-state index is 0.0759. The van der Waals surface area contributed by atoms with E-state index in [1.165, 1.54) is 0 Å². The average Bonchev–Trinajstić information content (AvgIpc) is 3.01. The zero-order valence-corrected chi connectivity index (χ0v) is 18.6. The van der Waals surface area contributed by atoms with Gasteiger partial charge in [-0.1, -0.05) is 41.4 Å². The Kier molecular flexibility index (Phi) is 5.79. The predicted octanol–water partition coefficient (Wildman–Crippen LogP) is 4.03. The Hall–Kier alpha value is -2.09. The molecule has 1 fully saturated rings. The summed E-state index contributed by atoms with van der Waals surface area (Å²) in [5.74, 6) is 0.0933. The molecule has 1 saturated heterocycles. The fraction of sp³-hybridized carbons (Fsp3) is 0.333. The van der Waals surface area contributed by atoms with Crippen LogP contribution < -0.4 is 5.32 Å². The number of hydrogen-bond acceptors (Lipinski definition) is 4. The Morgan fingerprint density at radius 2 is 1.97 bits per heavy atom. The first-order valence-corrected chi connectivity index (χ1v) is 11.9. The fourth-order valence-electron chi connectivity index (χ4n) is 3.90. The van der Waals surface area contributed by atoms with Crippen LogP contribution in [0.1, 0.15) is 36.9 Å². The molecule has 158 valence electrons. The molecule has 4 rings (SSSR count). The molecule has 0 aliphatic carbocycles. The van der Waals surface area contributed by atoms with Gasteiger partial charge in [0.2, 0.25) is 5.91 Å². The molecule has 2 heterocycles. The van der Waals surface area contributed by atoms with Gasteiger partial charge in [0.05, 0.1) is 22.0 Å². The highest BCUT2D eigenvalue weighted by Crippen LogP contribution is 2.30. The highest BCUT2D eigenvalue weighted by Gasteiger charge is 2.35. The van der Waals surface area contributed by atoms with Crippen LogP contribution in [0.5, 0.6) is 0 Å². The van der Waals surface area contributed by atoms with Gasteiger partial charge in [0, 0.05) is 18.7 Å². The van der Waals surface area contributed by atoms with Gasteiger partial charge in [0.1, 0.15) is 4.90 Å². The van der Waals surface area contributed by atoms with Crippen molar-refractivity contribution in [3.63, 3.8) is 0 Å². The number of amidine groups is 1. The number of rotatable bonds is 3. The Bertz CT molecular complexity index is 1130. The van der Waals surface area contributed by atoms with Crippen LogP contribution in [0.2, 0.25) is 10.0 Å². The number of sulfonamides is 1. The third kappa shape index (κ3) is 4.06. The highest BCUT2D eigenvalue weighted by atomic mass is 35.5. The molecule has 0 saturated carbocycles. The summed E-state index contributed by atoms with van der Waals surface area (Å²) in [6.45, 7) is 2.97. The molecule has 1 amide bonds. The third-order valence-corrected chi connectivity index (χ3v) is 7.57. The molecule has 0 spiro atoms. The van der Waals surface area contributed by atoms with Crippen molar-refractivity contribution in [3.05, 3.63) is 63.6 Å². The first kappa shape index (κ1) is 21.2. The van der Waals surface area contributed by atoms with Crippen molar-refractivity contribution >= 4 is 45.0 Å². The summed E-state index contributed by atoms with van der Waals surface area (Å²) in [4.78, 5) is 15.0. The second-order valence-electron chi connectivity index (χ2n) is 7.58. The van der Waals surface area contributed by atoms with Crippen LogP contribution in [0.3, 0.4) is 0 Å². The summed E-state index contributed by atoms with van der Waals surface area (Å²) in [5.41, 5.74) is 1.47. The largest absolute Gasteiger partial charge is 0.355 e. The first-order chi connectivity index (χ1) is 14.3. The van der Waals surface area contributed by atoms with Crippen LogP contribution in [-0.2, 0) is 14.8 Å². The van der Waals surface area contributed by atoms with Crippen LogP contribution in [-0.4, -0.2) is 38.2 Å². The summed E-state index contributed by atoms with van der Waals surface area (Å²) in [7, 11) is -3.68. The summed E-state index contributed by atoms with van der Waals surface area (Å²) >= 11 is 12.1. The number of fused-ring (bicyclic) bond motifs is 1. The maximum atomic E-state index is 12.9. The van der Waals surface area contributed by atoms with Gasteiger partial charge in [-0.25, -0.2) is 0 Å². The van der Waals surface area contributed by atoms with E-state index >= 15 is 0 Å². The number of likely N-dealkylation sites (tertiary alicyclic amines) is 1. The minimum atomic E-state index is -3.68. The molecule has 2 aromatic carbocycles. The number of halogens is 2. The molecule has 2 aliphatic rings. The van der Waals surface area contributed by atoms with E-state index in [4.69, 9.17) is 23.2 Å². The molecule has 0 bridgehead atoms. The van der Waals surface area contributed by atoms with Crippen molar-refractivity contribution in [2.45, 2.75) is 30.7 Å². The second kappa shape index (κ2) is 8.21. The molecule has 2 atom stereocenters. The van der Waals surface area contributed by atoms with Crippen LogP contribution in [0, 0.1) is 5.92 Å². The molecular formula is C21H21Cl2N3O3S. The van der Waals surface area contributed by atoms with E-state index < -0.39 is 10.0 Å². The Morgan fingerprint density at radius 1 is 1.20 bits per heavy atom. The SMILES string of the molecule is CC(NC(=O)C1CCCN(C2=NS(=O)(=O)c3ccccc32)C1)c1ccc(Cl)c(Cl)c1. The van der Waals surface area contributed by atoms with E-state index in [0.29, 0.717) is 34.5 Å². The van der Waals surface area contributed by atoms with E-state index in [1.807, 2.05) is 17.9 Å². The quantitative estimate of drug-likeness (QED) is 0.741. The first-order valence-electron chi connectivity index (χ1n) is 9.71. The van der Waals surface area contributed by atoms with Crippen molar-refractivity contribution < 1.29 is 13.2 Å². The smallest absolute Gasteiger partial charge is 0.285 e. The van der Waals surface area contributed by atoms with Gasteiger partial charge in [0.25, 0.3) is 10.0 Å². The number of carbonyl (C=O) groups is 1. The Morgan fingerprint density at radius 3 is 2.73 bits per heavy atom. The second-order valence-corrected chi connectivity index (χ2v) is 9.96. The summed E-state index contributed by atoms with van der Waals surface area (Å²) < 4.78 is 28.7. The molecule has 2 unspecified atom stereocenters. The molecule has 1 N–H and O–H groups in total. The van der Waals surface area contributed by atoms with Crippen LogP contribution in [0.25, 0.3) is 0 Å². The summed E-state index contributed by atoms with van der Waals surface area (Å²) in [6, 6.07) is 11.9. The van der Waals surface area contributed by atoms with Gasteiger partial charge in [-0.05, 0) is 49.6 Å². The van der Waals surface area contributed by atoms with Gasteiger partial charge >= 0.3 is 0 Å². The lowest BCUT2D eigenvalue weighted by atomic mass is 9.95. The Balaban J connectivity index is 1.48.